The largest absolute Gasteiger partial charge is 0.207 e. The molecule has 1 unspecified atom stereocenters. The minimum atomic E-state index is -0.147. The molecule has 0 radical (unpaired) electrons. The average Bonchev–Trinajstić information content (AvgIpc) is 2.32. The standard InChI is InChI=1S/C15H13Br2F/c1-10-5-6-12(9-15(10)18)14(17)8-11-3-2-4-13(16)7-11/h2-7,9,14H,8H2,1H3. The van der Waals surface area contributed by atoms with E-state index in [4.69, 9.17) is 0 Å². The summed E-state index contributed by atoms with van der Waals surface area (Å²) in [6, 6.07) is 13.6. The van der Waals surface area contributed by atoms with E-state index in [-0.39, 0.29) is 10.6 Å². The van der Waals surface area contributed by atoms with E-state index in [1.54, 1.807) is 13.0 Å². The van der Waals surface area contributed by atoms with Gasteiger partial charge in [0.1, 0.15) is 5.82 Å². The molecular weight excluding hydrogens is 359 g/mol. The molecule has 0 aromatic heterocycles. The summed E-state index contributed by atoms with van der Waals surface area (Å²) < 4.78 is 14.6. The molecule has 2 aromatic rings. The summed E-state index contributed by atoms with van der Waals surface area (Å²) in [4.78, 5) is 0.127. The number of rotatable bonds is 3. The number of hydrogen-bond acceptors (Lipinski definition) is 0. The third-order valence-electron chi connectivity index (χ3n) is 2.86. The summed E-state index contributed by atoms with van der Waals surface area (Å²) in [6.45, 7) is 1.77. The van der Waals surface area contributed by atoms with Crippen LogP contribution in [0, 0.1) is 12.7 Å². The van der Waals surface area contributed by atoms with Crippen molar-refractivity contribution in [3.63, 3.8) is 0 Å². The molecule has 3 heteroatoms. The number of alkyl halides is 1. The lowest BCUT2D eigenvalue weighted by molar-refractivity contribution is 0.615. The van der Waals surface area contributed by atoms with Crippen molar-refractivity contribution >= 4 is 31.9 Å². The molecular formula is C15H13Br2F. The maximum Gasteiger partial charge on any atom is 0.126 e. The van der Waals surface area contributed by atoms with Crippen molar-refractivity contribution in [2.75, 3.05) is 0 Å². The van der Waals surface area contributed by atoms with Gasteiger partial charge < -0.3 is 0 Å². The van der Waals surface area contributed by atoms with Crippen LogP contribution < -0.4 is 0 Å². The third-order valence-corrected chi connectivity index (χ3v) is 4.21. The Labute approximate surface area is 123 Å². The van der Waals surface area contributed by atoms with Crippen LogP contribution in [-0.2, 0) is 6.42 Å². The lowest BCUT2D eigenvalue weighted by Gasteiger charge is -2.11. The maximum absolute atomic E-state index is 13.5. The molecule has 2 aromatic carbocycles. The first-order chi connectivity index (χ1) is 8.56. The second kappa shape index (κ2) is 5.98. The highest BCUT2D eigenvalue weighted by Crippen LogP contribution is 2.29. The van der Waals surface area contributed by atoms with Gasteiger partial charge in [0.2, 0.25) is 0 Å². The van der Waals surface area contributed by atoms with E-state index in [2.05, 4.69) is 44.0 Å². The Kier molecular flexibility index (Phi) is 4.57. The van der Waals surface area contributed by atoms with Crippen molar-refractivity contribution in [2.45, 2.75) is 18.2 Å². The zero-order valence-corrected chi connectivity index (χ0v) is 13.1. The van der Waals surface area contributed by atoms with Gasteiger partial charge in [-0.2, -0.15) is 0 Å². The van der Waals surface area contributed by atoms with Crippen molar-refractivity contribution in [1.29, 1.82) is 0 Å². The lowest BCUT2D eigenvalue weighted by atomic mass is 10.0. The first-order valence-electron chi connectivity index (χ1n) is 5.71. The Balaban J connectivity index is 2.16. The summed E-state index contributed by atoms with van der Waals surface area (Å²) >= 11 is 7.08. The SMILES string of the molecule is Cc1ccc(C(Br)Cc2cccc(Br)c2)cc1F. The van der Waals surface area contributed by atoms with Gasteiger partial charge in [0, 0.05) is 9.30 Å². The Morgan fingerprint density at radius 2 is 1.94 bits per heavy atom. The molecule has 0 aliphatic rings. The van der Waals surface area contributed by atoms with Crippen molar-refractivity contribution in [2.24, 2.45) is 0 Å². The van der Waals surface area contributed by atoms with Crippen LogP contribution in [-0.4, -0.2) is 0 Å². The molecule has 0 aliphatic carbocycles. The second-order valence-corrected chi connectivity index (χ2v) is 6.33. The van der Waals surface area contributed by atoms with Gasteiger partial charge in [-0.15, -0.1) is 0 Å². The number of aryl methyl sites for hydroxylation is 1. The summed E-state index contributed by atoms with van der Waals surface area (Å²) in [6.07, 6.45) is 0.835. The Hall–Kier alpha value is -0.670. The Morgan fingerprint density at radius 3 is 2.61 bits per heavy atom. The zero-order chi connectivity index (χ0) is 13.1. The predicted molar refractivity (Wildman–Crippen MR) is 80.7 cm³/mol. The van der Waals surface area contributed by atoms with Crippen LogP contribution in [0.4, 0.5) is 4.39 Å². The second-order valence-electron chi connectivity index (χ2n) is 4.31. The molecule has 0 amide bonds. The fourth-order valence-electron chi connectivity index (χ4n) is 1.79. The van der Waals surface area contributed by atoms with Crippen molar-refractivity contribution < 1.29 is 4.39 Å². The number of halogens is 3. The van der Waals surface area contributed by atoms with Crippen LogP contribution in [0.1, 0.15) is 21.5 Å². The molecule has 0 saturated heterocycles. The van der Waals surface area contributed by atoms with E-state index in [1.807, 2.05) is 24.3 Å². The monoisotopic (exact) mass is 370 g/mol. The Bertz CT molecular complexity index is 552. The fraction of sp³-hybridized carbons (Fsp3) is 0.200. The summed E-state index contributed by atoms with van der Waals surface area (Å²) in [5.74, 6) is -0.147. The normalized spacial score (nSPS) is 12.4. The van der Waals surface area contributed by atoms with Crippen LogP contribution in [0.3, 0.4) is 0 Å². The van der Waals surface area contributed by atoms with Crippen molar-refractivity contribution in [3.05, 3.63) is 69.4 Å². The maximum atomic E-state index is 13.5. The molecule has 0 saturated carbocycles. The number of hydrogen-bond donors (Lipinski definition) is 0. The van der Waals surface area contributed by atoms with E-state index < -0.39 is 0 Å². The zero-order valence-electron chi connectivity index (χ0n) is 9.96. The van der Waals surface area contributed by atoms with E-state index in [9.17, 15) is 4.39 Å². The van der Waals surface area contributed by atoms with Gasteiger partial charge in [-0.1, -0.05) is 56.1 Å². The van der Waals surface area contributed by atoms with Crippen molar-refractivity contribution in [1.82, 2.24) is 0 Å². The molecule has 0 spiro atoms. The first-order valence-corrected chi connectivity index (χ1v) is 7.41. The molecule has 2 rings (SSSR count). The van der Waals surface area contributed by atoms with Gasteiger partial charge in [0.05, 0.1) is 0 Å². The highest BCUT2D eigenvalue weighted by atomic mass is 79.9. The molecule has 0 heterocycles. The molecule has 0 aliphatic heterocycles. The van der Waals surface area contributed by atoms with Crippen LogP contribution in [0.25, 0.3) is 0 Å². The third kappa shape index (κ3) is 3.42. The fourth-order valence-corrected chi connectivity index (χ4v) is 2.90. The molecule has 94 valence electrons. The minimum absolute atomic E-state index is 0.127. The Morgan fingerprint density at radius 1 is 1.17 bits per heavy atom. The summed E-state index contributed by atoms with van der Waals surface area (Å²) in [5.41, 5.74) is 2.87. The molecule has 1 atom stereocenters. The average molecular weight is 372 g/mol. The van der Waals surface area contributed by atoms with Crippen LogP contribution in [0.5, 0.6) is 0 Å². The summed E-state index contributed by atoms with van der Waals surface area (Å²) in [5, 5.41) is 0. The molecule has 0 N–H and O–H groups in total. The van der Waals surface area contributed by atoms with Crippen LogP contribution in [0.15, 0.2) is 46.9 Å². The van der Waals surface area contributed by atoms with E-state index in [0.717, 1.165) is 16.5 Å². The predicted octanol–water partition coefficient (Wildman–Crippen LogP) is 5.58. The minimum Gasteiger partial charge on any atom is -0.207 e. The van der Waals surface area contributed by atoms with Gasteiger partial charge in [0.25, 0.3) is 0 Å². The van der Waals surface area contributed by atoms with Crippen molar-refractivity contribution in [3.8, 4) is 0 Å². The molecule has 0 fully saturated rings. The van der Waals surface area contributed by atoms with Gasteiger partial charge in [-0.3, -0.25) is 0 Å². The lowest BCUT2D eigenvalue weighted by Crippen LogP contribution is -1.97. The topological polar surface area (TPSA) is 0 Å². The quantitative estimate of drug-likeness (QED) is 0.618. The van der Waals surface area contributed by atoms with Gasteiger partial charge in [-0.05, 0) is 48.2 Å². The van der Waals surface area contributed by atoms with E-state index in [0.29, 0.717) is 5.56 Å². The first kappa shape index (κ1) is 13.8. The van der Waals surface area contributed by atoms with Gasteiger partial charge in [0.15, 0.2) is 0 Å². The van der Waals surface area contributed by atoms with Gasteiger partial charge in [-0.25, -0.2) is 4.39 Å². The van der Waals surface area contributed by atoms with Crippen LogP contribution >= 0.6 is 31.9 Å². The van der Waals surface area contributed by atoms with E-state index >= 15 is 0 Å². The highest BCUT2D eigenvalue weighted by molar-refractivity contribution is 9.10. The highest BCUT2D eigenvalue weighted by Gasteiger charge is 2.10. The molecule has 0 nitrogen and oxygen atoms in total. The molecule has 0 bridgehead atoms. The van der Waals surface area contributed by atoms with Crippen LogP contribution in [0.2, 0.25) is 0 Å². The summed E-state index contributed by atoms with van der Waals surface area (Å²) in [7, 11) is 0. The van der Waals surface area contributed by atoms with Gasteiger partial charge >= 0.3 is 0 Å². The molecule has 18 heavy (non-hydrogen) atoms. The van der Waals surface area contributed by atoms with E-state index in [1.165, 1.54) is 5.56 Å². The number of benzene rings is 2. The smallest absolute Gasteiger partial charge is 0.126 e.